The quantitative estimate of drug-likeness (QED) is 0.744. The Bertz CT molecular complexity index is 471. The van der Waals surface area contributed by atoms with Gasteiger partial charge in [0.15, 0.2) is 5.75 Å². The fraction of sp³-hybridized carbons (Fsp3) is 0.100. The van der Waals surface area contributed by atoms with Crippen LogP contribution in [0.3, 0.4) is 0 Å². The predicted octanol–water partition coefficient (Wildman–Crippen LogP) is 3.88. The second-order valence-electron chi connectivity index (χ2n) is 2.62. The molecule has 4 heteroatoms. The molecule has 0 radical (unpaired) electrons. The summed E-state index contributed by atoms with van der Waals surface area (Å²) in [6.07, 6.45) is 1.47. The molecule has 0 saturated carbocycles. The lowest BCUT2D eigenvalue weighted by Crippen LogP contribution is -1.80. The van der Waals surface area contributed by atoms with Crippen LogP contribution >= 0.6 is 23.2 Å². The van der Waals surface area contributed by atoms with E-state index in [0.29, 0.717) is 15.6 Å². The summed E-state index contributed by atoms with van der Waals surface area (Å²) in [5, 5.41) is 11.1. The molecule has 0 spiro atoms. The number of halogens is 2. The molecule has 2 rings (SSSR count). The third-order valence-corrected chi connectivity index (χ3v) is 2.26. The van der Waals surface area contributed by atoms with Gasteiger partial charge in [0.2, 0.25) is 0 Å². The molecular weight excluding hydrogens is 221 g/mol. The van der Waals surface area contributed by atoms with Crippen molar-refractivity contribution < 1.29 is 5.11 Å². The summed E-state index contributed by atoms with van der Waals surface area (Å²) < 4.78 is 0. The topological polar surface area (TPSA) is 33.1 Å². The molecule has 1 aromatic carbocycles. The standard InChI is InChI=1S/C9H5Cl2NO.CH4/c10-6-3-5-1-2-7(11)9(13)8(5)12-4-6;/h1-4,13H;1H4. The number of hydrogen-bond acceptors (Lipinski definition) is 2. The zero-order valence-corrected chi connectivity index (χ0v) is 7.97. The molecular formula is C10H9Cl2NO. The second kappa shape index (κ2) is 4.03. The van der Waals surface area contributed by atoms with E-state index in [1.54, 1.807) is 18.2 Å². The van der Waals surface area contributed by atoms with Crippen LogP contribution in [0.2, 0.25) is 10.0 Å². The molecule has 2 aromatic rings. The number of nitrogens with zero attached hydrogens (tertiary/aromatic N) is 1. The van der Waals surface area contributed by atoms with E-state index in [1.807, 2.05) is 0 Å². The van der Waals surface area contributed by atoms with Crippen molar-refractivity contribution in [1.29, 1.82) is 0 Å². The van der Waals surface area contributed by atoms with Gasteiger partial charge < -0.3 is 5.11 Å². The van der Waals surface area contributed by atoms with E-state index in [0.717, 1.165) is 5.39 Å². The molecule has 0 aliphatic carbocycles. The lowest BCUT2D eigenvalue weighted by molar-refractivity contribution is 0.480. The van der Waals surface area contributed by atoms with Gasteiger partial charge in [-0.2, -0.15) is 0 Å². The monoisotopic (exact) mass is 229 g/mol. The van der Waals surface area contributed by atoms with Gasteiger partial charge in [-0.25, -0.2) is 0 Å². The lowest BCUT2D eigenvalue weighted by Gasteiger charge is -2.01. The minimum absolute atomic E-state index is 0. The highest BCUT2D eigenvalue weighted by atomic mass is 35.5. The number of pyridine rings is 1. The smallest absolute Gasteiger partial charge is 0.160 e. The molecule has 74 valence electrons. The molecule has 0 amide bonds. The number of phenols is 1. The summed E-state index contributed by atoms with van der Waals surface area (Å²) in [6.45, 7) is 0. The molecule has 0 saturated heterocycles. The Balaban J connectivity index is 0.000000980. The highest BCUT2D eigenvalue weighted by Crippen LogP contribution is 2.31. The van der Waals surface area contributed by atoms with Gasteiger partial charge >= 0.3 is 0 Å². The average molecular weight is 230 g/mol. The number of benzene rings is 1. The normalized spacial score (nSPS) is 9.86. The molecule has 0 aliphatic rings. The molecule has 0 fully saturated rings. The number of fused-ring (bicyclic) bond motifs is 1. The number of aromatic hydroxyl groups is 1. The van der Waals surface area contributed by atoms with Crippen molar-refractivity contribution in [3.05, 3.63) is 34.4 Å². The minimum atomic E-state index is -0.00386. The van der Waals surface area contributed by atoms with E-state index >= 15 is 0 Å². The molecule has 0 aliphatic heterocycles. The van der Waals surface area contributed by atoms with Crippen molar-refractivity contribution in [2.45, 2.75) is 7.43 Å². The van der Waals surface area contributed by atoms with Crippen LogP contribution in [-0.4, -0.2) is 10.1 Å². The van der Waals surface area contributed by atoms with E-state index in [2.05, 4.69) is 4.98 Å². The van der Waals surface area contributed by atoms with Crippen LogP contribution in [0.15, 0.2) is 24.4 Å². The van der Waals surface area contributed by atoms with Crippen molar-refractivity contribution in [3.8, 4) is 5.75 Å². The van der Waals surface area contributed by atoms with Crippen LogP contribution in [0.5, 0.6) is 5.75 Å². The summed E-state index contributed by atoms with van der Waals surface area (Å²) in [6, 6.07) is 5.09. The molecule has 0 bridgehead atoms. The minimum Gasteiger partial charge on any atom is -0.504 e. The van der Waals surface area contributed by atoms with Gasteiger partial charge in [0.25, 0.3) is 0 Å². The number of hydrogen-bond donors (Lipinski definition) is 1. The Morgan fingerprint density at radius 2 is 1.93 bits per heavy atom. The van der Waals surface area contributed by atoms with Crippen molar-refractivity contribution in [2.24, 2.45) is 0 Å². The summed E-state index contributed by atoms with van der Waals surface area (Å²) in [4.78, 5) is 3.97. The van der Waals surface area contributed by atoms with Gasteiger partial charge in [-0.1, -0.05) is 36.7 Å². The zero-order chi connectivity index (χ0) is 9.42. The molecule has 14 heavy (non-hydrogen) atoms. The molecule has 1 heterocycles. The van der Waals surface area contributed by atoms with Gasteiger partial charge in [-0.3, -0.25) is 4.98 Å². The third kappa shape index (κ3) is 1.76. The van der Waals surface area contributed by atoms with Crippen LogP contribution < -0.4 is 0 Å². The summed E-state index contributed by atoms with van der Waals surface area (Å²) in [5.41, 5.74) is 0.469. The van der Waals surface area contributed by atoms with Gasteiger partial charge in [-0.15, -0.1) is 0 Å². The van der Waals surface area contributed by atoms with Gasteiger partial charge in [0.1, 0.15) is 5.52 Å². The Kier molecular flexibility index (Phi) is 3.19. The maximum atomic E-state index is 9.51. The summed E-state index contributed by atoms with van der Waals surface area (Å²) in [5.74, 6) is -0.00386. The first-order chi connectivity index (χ1) is 6.18. The molecule has 0 atom stereocenters. The van der Waals surface area contributed by atoms with E-state index in [9.17, 15) is 5.11 Å². The number of phenolic OH excluding ortho intramolecular Hbond substituents is 1. The van der Waals surface area contributed by atoms with Crippen molar-refractivity contribution >= 4 is 34.1 Å². The fourth-order valence-electron chi connectivity index (χ4n) is 1.13. The van der Waals surface area contributed by atoms with Crippen molar-refractivity contribution in [2.75, 3.05) is 0 Å². The van der Waals surface area contributed by atoms with E-state index in [1.165, 1.54) is 6.20 Å². The van der Waals surface area contributed by atoms with Crippen molar-refractivity contribution in [1.82, 2.24) is 4.98 Å². The molecule has 1 aromatic heterocycles. The molecule has 0 unspecified atom stereocenters. The summed E-state index contributed by atoms with van der Waals surface area (Å²) >= 11 is 11.4. The van der Waals surface area contributed by atoms with E-state index < -0.39 is 0 Å². The number of rotatable bonds is 0. The first kappa shape index (κ1) is 11.1. The summed E-state index contributed by atoms with van der Waals surface area (Å²) in [7, 11) is 0. The lowest BCUT2D eigenvalue weighted by atomic mass is 10.2. The third-order valence-electron chi connectivity index (χ3n) is 1.74. The first-order valence-corrected chi connectivity index (χ1v) is 4.37. The van der Waals surface area contributed by atoms with Crippen LogP contribution in [0, 0.1) is 0 Å². The van der Waals surface area contributed by atoms with E-state index in [4.69, 9.17) is 23.2 Å². The van der Waals surface area contributed by atoms with Gasteiger partial charge in [0.05, 0.1) is 10.0 Å². The average Bonchev–Trinajstić information content (AvgIpc) is 2.12. The van der Waals surface area contributed by atoms with Gasteiger partial charge in [0, 0.05) is 11.6 Å². The van der Waals surface area contributed by atoms with Crippen LogP contribution in [0.25, 0.3) is 10.9 Å². The highest BCUT2D eigenvalue weighted by molar-refractivity contribution is 6.33. The largest absolute Gasteiger partial charge is 0.504 e. The van der Waals surface area contributed by atoms with Crippen LogP contribution in [0.1, 0.15) is 7.43 Å². The Morgan fingerprint density at radius 3 is 2.64 bits per heavy atom. The zero-order valence-electron chi connectivity index (χ0n) is 6.46. The first-order valence-electron chi connectivity index (χ1n) is 3.61. The van der Waals surface area contributed by atoms with Crippen LogP contribution in [0.4, 0.5) is 0 Å². The Labute approximate surface area is 92.1 Å². The molecule has 2 nitrogen and oxygen atoms in total. The highest BCUT2D eigenvalue weighted by Gasteiger charge is 2.05. The predicted molar refractivity (Wildman–Crippen MR) is 60.2 cm³/mol. The maximum absolute atomic E-state index is 9.51. The number of aromatic nitrogens is 1. The van der Waals surface area contributed by atoms with Crippen LogP contribution in [-0.2, 0) is 0 Å². The SMILES string of the molecule is C.Oc1c(Cl)ccc2cc(Cl)cnc12. The second-order valence-corrected chi connectivity index (χ2v) is 3.46. The molecule has 1 N–H and O–H groups in total. The Hall–Kier alpha value is -0.990. The van der Waals surface area contributed by atoms with E-state index in [-0.39, 0.29) is 13.2 Å². The Morgan fingerprint density at radius 1 is 1.21 bits per heavy atom. The fourth-order valence-corrected chi connectivity index (χ4v) is 1.45. The maximum Gasteiger partial charge on any atom is 0.160 e. The van der Waals surface area contributed by atoms with Gasteiger partial charge in [-0.05, 0) is 12.1 Å². The van der Waals surface area contributed by atoms with Crippen molar-refractivity contribution in [3.63, 3.8) is 0 Å².